The topological polar surface area (TPSA) is 159 Å². The average molecular weight is 580 g/mol. The molecule has 5 atom stereocenters. The molecule has 13 nitrogen and oxygen atoms in total. The lowest BCUT2D eigenvalue weighted by atomic mass is 9.98. The highest BCUT2D eigenvalue weighted by molar-refractivity contribution is 7.49. The highest BCUT2D eigenvalue weighted by Crippen LogP contribution is 2.50. The fraction of sp³-hybridized carbons (Fsp3) is 0.385. The zero-order chi connectivity index (χ0) is 29.3. The summed E-state index contributed by atoms with van der Waals surface area (Å²) in [5.74, 6) is -2.96. The Morgan fingerprint density at radius 3 is 1.52 bits per heavy atom. The molecule has 14 heteroatoms. The van der Waals surface area contributed by atoms with Crippen LogP contribution in [0.3, 0.4) is 0 Å². The fourth-order valence-corrected chi connectivity index (χ4v) is 4.94. The Kier molecular flexibility index (Phi) is 10.7. The number of phosphoric acid groups is 1. The van der Waals surface area contributed by atoms with E-state index in [0.29, 0.717) is 0 Å². The Morgan fingerprint density at radius 1 is 0.650 bits per heavy atom. The normalized spacial score (nSPS) is 22.4. The first kappa shape index (κ1) is 30.6. The first-order chi connectivity index (χ1) is 19.0. The Balaban J connectivity index is 1.95. The second-order valence-corrected chi connectivity index (χ2v) is 9.94. The van der Waals surface area contributed by atoms with Crippen molar-refractivity contribution >= 4 is 31.7 Å². The van der Waals surface area contributed by atoms with Gasteiger partial charge < -0.3 is 32.7 Å². The Morgan fingerprint density at radius 2 is 1.07 bits per heavy atom. The molecule has 0 spiro atoms. The van der Waals surface area contributed by atoms with Gasteiger partial charge in [-0.1, -0.05) is 36.4 Å². The van der Waals surface area contributed by atoms with Gasteiger partial charge in [0.15, 0.2) is 12.2 Å². The van der Waals surface area contributed by atoms with E-state index in [9.17, 15) is 23.7 Å². The van der Waals surface area contributed by atoms with Crippen molar-refractivity contribution < 1.29 is 61.0 Å². The summed E-state index contributed by atoms with van der Waals surface area (Å²) in [6, 6.07) is 16.1. The van der Waals surface area contributed by atoms with Gasteiger partial charge in [-0.2, -0.15) is 0 Å². The second-order valence-electron chi connectivity index (χ2n) is 8.43. The predicted octanol–water partition coefficient (Wildman–Crippen LogP) is 3.35. The van der Waals surface area contributed by atoms with Crippen LogP contribution in [-0.4, -0.2) is 61.2 Å². The van der Waals surface area contributed by atoms with E-state index in [-0.39, 0.29) is 11.5 Å². The third kappa shape index (κ3) is 9.08. The number of esters is 4. The maximum Gasteiger partial charge on any atom is 0.587 e. The van der Waals surface area contributed by atoms with Crippen LogP contribution in [0.4, 0.5) is 0 Å². The molecule has 0 N–H and O–H groups in total. The van der Waals surface area contributed by atoms with E-state index in [0.717, 1.165) is 27.7 Å². The minimum Gasteiger partial charge on any atom is -0.456 e. The molecular formula is C26H29O13P. The van der Waals surface area contributed by atoms with Gasteiger partial charge in [0.05, 0.1) is 6.61 Å². The van der Waals surface area contributed by atoms with E-state index >= 15 is 0 Å². The van der Waals surface area contributed by atoms with Crippen molar-refractivity contribution in [1.29, 1.82) is 0 Å². The van der Waals surface area contributed by atoms with E-state index < -0.39 is 69.0 Å². The van der Waals surface area contributed by atoms with Crippen LogP contribution in [0.5, 0.6) is 11.5 Å². The Hall–Kier alpha value is -3.93. The summed E-state index contributed by atoms with van der Waals surface area (Å²) in [7, 11) is -4.44. The molecule has 0 aliphatic carbocycles. The van der Waals surface area contributed by atoms with Gasteiger partial charge >= 0.3 is 31.7 Å². The van der Waals surface area contributed by atoms with Gasteiger partial charge in [-0.15, -0.1) is 0 Å². The van der Waals surface area contributed by atoms with Crippen LogP contribution >= 0.6 is 7.82 Å². The summed E-state index contributed by atoms with van der Waals surface area (Å²) in [4.78, 5) is 47.6. The predicted molar refractivity (Wildman–Crippen MR) is 135 cm³/mol. The number of rotatable bonds is 11. The number of ether oxygens (including phenoxy) is 5. The smallest absolute Gasteiger partial charge is 0.456 e. The number of para-hydroxylation sites is 2. The van der Waals surface area contributed by atoms with Gasteiger partial charge in [0.1, 0.15) is 17.6 Å². The van der Waals surface area contributed by atoms with Gasteiger partial charge in [-0.3, -0.25) is 23.7 Å². The number of carbonyl (C=O) groups excluding carboxylic acids is 4. The van der Waals surface area contributed by atoms with Crippen molar-refractivity contribution in [2.24, 2.45) is 0 Å². The van der Waals surface area contributed by atoms with E-state index in [1.807, 2.05) is 0 Å². The van der Waals surface area contributed by atoms with Crippen LogP contribution in [0, 0.1) is 0 Å². The molecule has 1 fully saturated rings. The van der Waals surface area contributed by atoms with Gasteiger partial charge in [0, 0.05) is 27.7 Å². The van der Waals surface area contributed by atoms with Crippen molar-refractivity contribution in [3.8, 4) is 11.5 Å². The molecule has 40 heavy (non-hydrogen) atoms. The molecule has 0 bridgehead atoms. The lowest BCUT2D eigenvalue weighted by Crippen LogP contribution is -2.63. The summed E-state index contributed by atoms with van der Waals surface area (Å²) < 4.78 is 57.4. The van der Waals surface area contributed by atoms with Crippen molar-refractivity contribution in [1.82, 2.24) is 0 Å². The molecule has 2 aromatic rings. The second kappa shape index (κ2) is 13.9. The first-order valence-electron chi connectivity index (χ1n) is 12.0. The lowest BCUT2D eigenvalue weighted by Gasteiger charge is -2.43. The molecule has 0 amide bonds. The zero-order valence-electron chi connectivity index (χ0n) is 22.1. The third-order valence-corrected chi connectivity index (χ3v) is 6.43. The summed E-state index contributed by atoms with van der Waals surface area (Å²) in [5, 5.41) is 0. The minimum absolute atomic E-state index is 0.161. The monoisotopic (exact) mass is 580 g/mol. The molecule has 0 saturated carbocycles. The largest absolute Gasteiger partial charge is 0.587 e. The molecule has 2 aromatic carbocycles. The first-order valence-corrected chi connectivity index (χ1v) is 13.5. The molecule has 0 radical (unpaired) electrons. The van der Waals surface area contributed by atoms with Crippen LogP contribution in [-0.2, 0) is 52.0 Å². The van der Waals surface area contributed by atoms with Gasteiger partial charge in [0.2, 0.25) is 12.4 Å². The van der Waals surface area contributed by atoms with E-state index in [1.54, 1.807) is 36.4 Å². The maximum absolute atomic E-state index is 13.8. The van der Waals surface area contributed by atoms with Crippen molar-refractivity contribution in [3.63, 3.8) is 0 Å². The van der Waals surface area contributed by atoms with Crippen LogP contribution in [0.25, 0.3) is 0 Å². The highest BCUT2D eigenvalue weighted by atomic mass is 31.2. The minimum atomic E-state index is -4.44. The van der Waals surface area contributed by atoms with Crippen LogP contribution in [0.1, 0.15) is 27.7 Å². The Bertz CT molecular complexity index is 1170. The van der Waals surface area contributed by atoms with Crippen molar-refractivity contribution in [2.75, 3.05) is 6.61 Å². The van der Waals surface area contributed by atoms with Crippen LogP contribution in [0.2, 0.25) is 0 Å². The molecule has 0 unspecified atom stereocenters. The van der Waals surface area contributed by atoms with E-state index in [2.05, 4.69) is 0 Å². The van der Waals surface area contributed by atoms with Crippen molar-refractivity contribution in [3.05, 3.63) is 60.7 Å². The van der Waals surface area contributed by atoms with Crippen LogP contribution in [0.15, 0.2) is 60.7 Å². The van der Waals surface area contributed by atoms with Crippen molar-refractivity contribution in [2.45, 2.75) is 58.4 Å². The number of benzene rings is 2. The number of hydrogen-bond acceptors (Lipinski definition) is 13. The molecule has 1 aliphatic rings. The molecule has 1 aliphatic heterocycles. The number of carbonyl (C=O) groups is 4. The van der Waals surface area contributed by atoms with Gasteiger partial charge in [-0.05, 0) is 24.3 Å². The summed E-state index contributed by atoms with van der Waals surface area (Å²) >= 11 is 0. The fourth-order valence-electron chi connectivity index (χ4n) is 3.70. The van der Waals surface area contributed by atoms with Crippen LogP contribution < -0.4 is 9.05 Å². The van der Waals surface area contributed by atoms with Gasteiger partial charge in [-0.25, -0.2) is 4.57 Å². The zero-order valence-corrected chi connectivity index (χ0v) is 23.0. The lowest BCUT2D eigenvalue weighted by molar-refractivity contribution is -0.298. The molecule has 1 saturated heterocycles. The van der Waals surface area contributed by atoms with E-state index in [4.69, 9.17) is 37.3 Å². The molecule has 0 aromatic heterocycles. The third-order valence-electron chi connectivity index (χ3n) is 5.10. The number of phosphoric ester groups is 1. The molecule has 216 valence electrons. The average Bonchev–Trinajstić information content (AvgIpc) is 2.86. The maximum atomic E-state index is 13.8. The summed E-state index contributed by atoms with van der Waals surface area (Å²) in [6.07, 6.45) is -7.47. The standard InChI is InChI=1S/C26H29O13P/c1-16(27)33-23-22(37-26(36-19(4)30)25(35-18(3)29)24(23)34-17(2)28)15-32-40(31,38-20-11-7-5-8-12-20)39-21-13-9-6-10-14-21/h5-14,22-26H,15H2,1-4H3/t22-,23-,24+,25-,26-/m0/s1. The molecule has 1 heterocycles. The quantitative estimate of drug-likeness (QED) is 0.217. The summed E-state index contributed by atoms with van der Waals surface area (Å²) in [6.45, 7) is 3.67. The Labute approximate surface area is 230 Å². The molecular weight excluding hydrogens is 551 g/mol. The molecule has 3 rings (SSSR count). The SMILES string of the molecule is CC(=O)O[C@H]1O[C@@H](COP(=O)(Oc2ccccc2)Oc2ccccc2)[C@H](OC(C)=O)[C@@H](OC(C)=O)[C@@H]1OC(C)=O. The summed E-state index contributed by atoms with van der Waals surface area (Å²) in [5.41, 5.74) is 0. The van der Waals surface area contributed by atoms with Gasteiger partial charge in [0.25, 0.3) is 0 Å². The van der Waals surface area contributed by atoms with E-state index in [1.165, 1.54) is 24.3 Å². The highest BCUT2D eigenvalue weighted by Gasteiger charge is 2.54. The number of hydrogen-bond donors (Lipinski definition) is 0.